The second-order valence-corrected chi connectivity index (χ2v) is 22.3. The molecule has 3 aromatic heterocycles. The molecule has 13 aromatic carbocycles. The largest absolute Gasteiger partial charge is 0.309 e. The number of rotatable bonds is 11. The number of nitriles is 1. The molecule has 0 spiro atoms. The van der Waals surface area contributed by atoms with E-state index >= 15 is 0 Å². The van der Waals surface area contributed by atoms with Crippen LogP contribution in [0.15, 0.2) is 315 Å². The minimum Gasteiger partial charge on any atom is -0.309 e. The summed E-state index contributed by atoms with van der Waals surface area (Å²) in [5.41, 5.74) is 22.2. The van der Waals surface area contributed by atoms with Crippen molar-refractivity contribution in [3.05, 3.63) is 321 Å². The Hall–Kier alpha value is -12.0. The maximum Gasteiger partial charge on any atom is 0.164 e. The van der Waals surface area contributed by atoms with E-state index in [0.717, 1.165) is 138 Å². The molecule has 0 aliphatic carbocycles. The molecule has 0 aliphatic rings. The number of hydrogen-bond donors (Lipinski definition) is 0. The lowest BCUT2D eigenvalue weighted by Crippen LogP contribution is -2.04. The summed E-state index contributed by atoms with van der Waals surface area (Å²) in [7, 11) is 0. The second-order valence-electron chi connectivity index (χ2n) is 22.3. The van der Waals surface area contributed by atoms with Gasteiger partial charge in [0, 0.05) is 49.5 Å². The molecule has 0 unspecified atom stereocenters. The van der Waals surface area contributed by atoms with Gasteiger partial charge in [0.1, 0.15) is 0 Å². The van der Waals surface area contributed by atoms with Crippen molar-refractivity contribution in [3.8, 4) is 118 Å². The van der Waals surface area contributed by atoms with Crippen molar-refractivity contribution in [1.29, 1.82) is 5.26 Å². The van der Waals surface area contributed by atoms with Crippen LogP contribution in [0.25, 0.3) is 156 Å². The van der Waals surface area contributed by atoms with Crippen LogP contribution < -0.4 is 0 Å². The molecule has 6 heteroatoms. The Morgan fingerprint density at radius 2 is 0.591 bits per heavy atom. The monoisotopic (exact) mass is 1120 g/mol. The lowest BCUT2D eigenvalue weighted by Gasteiger charge is -2.20. The smallest absolute Gasteiger partial charge is 0.164 e. The van der Waals surface area contributed by atoms with E-state index in [2.05, 4.69) is 276 Å². The first-order valence-corrected chi connectivity index (χ1v) is 29.6. The summed E-state index contributed by atoms with van der Waals surface area (Å²) in [6.45, 7) is 0. The minimum atomic E-state index is 0.529. The Morgan fingerprint density at radius 1 is 0.239 bits per heavy atom. The highest BCUT2D eigenvalue weighted by atomic mass is 15.0. The van der Waals surface area contributed by atoms with Crippen LogP contribution in [0.4, 0.5) is 0 Å². The van der Waals surface area contributed by atoms with Gasteiger partial charge >= 0.3 is 0 Å². The molecule has 0 bridgehead atoms. The Kier molecular flexibility index (Phi) is 12.8. The fraction of sp³-hybridized carbons (Fsp3) is 0. The van der Waals surface area contributed by atoms with Gasteiger partial charge in [-0.25, -0.2) is 15.0 Å². The second kappa shape index (κ2) is 21.9. The summed E-state index contributed by atoms with van der Waals surface area (Å²) < 4.78 is 4.85. The fourth-order valence-corrected chi connectivity index (χ4v) is 12.7. The number of fused-ring (bicyclic) bond motifs is 6. The molecule has 0 atom stereocenters. The van der Waals surface area contributed by atoms with Gasteiger partial charge < -0.3 is 9.13 Å². The van der Waals surface area contributed by atoms with E-state index in [9.17, 15) is 5.26 Å². The SMILES string of the molecule is N#Cc1cccc(-c2ccc(-n3c4ccc(-c5ccccc5)cc4c4cc(-c5ccccc5)ccc43)c(-c3cc(-n4c5ccc(-c6ccccc6)cc5c5cc(-c6ccccc6)ccc54)ccc3-c3nc(-c4ccccc4)nc(-c4ccccc4)n3)c2)c1. The molecule has 16 aromatic rings. The van der Waals surface area contributed by atoms with E-state index in [1.165, 1.54) is 0 Å². The minimum absolute atomic E-state index is 0.529. The summed E-state index contributed by atoms with van der Waals surface area (Å²) >= 11 is 0. The summed E-state index contributed by atoms with van der Waals surface area (Å²) in [4.78, 5) is 16.1. The predicted molar refractivity (Wildman–Crippen MR) is 362 cm³/mol. The topological polar surface area (TPSA) is 72.3 Å². The number of nitrogens with zero attached hydrogens (tertiary/aromatic N) is 6. The van der Waals surface area contributed by atoms with Gasteiger partial charge in [0.05, 0.1) is 39.4 Å². The molecule has 6 nitrogen and oxygen atoms in total. The van der Waals surface area contributed by atoms with E-state index < -0.39 is 0 Å². The van der Waals surface area contributed by atoms with Gasteiger partial charge in [-0.2, -0.15) is 5.26 Å². The molecule has 0 fully saturated rings. The maximum atomic E-state index is 10.3. The predicted octanol–water partition coefficient (Wildman–Crippen LogP) is 20.9. The van der Waals surface area contributed by atoms with Crippen molar-refractivity contribution >= 4 is 43.6 Å². The fourth-order valence-electron chi connectivity index (χ4n) is 12.7. The number of benzene rings is 13. The van der Waals surface area contributed by atoms with Gasteiger partial charge in [-0.05, 0) is 152 Å². The molecule has 0 amide bonds. The molecule has 0 saturated heterocycles. The Balaban J connectivity index is 1.02. The zero-order valence-corrected chi connectivity index (χ0v) is 47.7. The highest BCUT2D eigenvalue weighted by Gasteiger charge is 2.25. The van der Waals surface area contributed by atoms with Crippen LogP contribution in [0.5, 0.6) is 0 Å². The summed E-state index contributed by atoms with van der Waals surface area (Å²) in [5.74, 6) is 1.67. The first kappa shape index (κ1) is 51.6. The Labute approximate surface area is 509 Å². The van der Waals surface area contributed by atoms with Crippen LogP contribution >= 0.6 is 0 Å². The van der Waals surface area contributed by atoms with E-state index in [0.29, 0.717) is 23.0 Å². The van der Waals surface area contributed by atoms with Crippen molar-refractivity contribution in [2.75, 3.05) is 0 Å². The standard InChI is InChI=1S/C82H52N6/c83-53-54-20-19-33-61(46-54)66-38-45-77(88-78-43-36-64(57-25-11-3-12-26-57)49-73(78)74-50-65(37-44-79(74)88)58-27-13-4-14-28-58)70(51-66)69-52-67(39-40-68(69)82-85-80(59-29-15-5-16-30-59)84-81(86-82)60-31-17-6-18-32-60)87-75-41-34-62(55-21-7-1-8-22-55)47-71(75)72-48-63(35-42-76(72)87)56-23-9-2-10-24-56/h1-52H. The highest BCUT2D eigenvalue weighted by molar-refractivity contribution is 6.14. The molecule has 16 rings (SSSR count). The van der Waals surface area contributed by atoms with Gasteiger partial charge in [0.15, 0.2) is 17.5 Å². The first-order chi connectivity index (χ1) is 43.6. The average Bonchev–Trinajstić information content (AvgIpc) is 1.71. The quantitative estimate of drug-likeness (QED) is 0.129. The van der Waals surface area contributed by atoms with Crippen LogP contribution in [0, 0.1) is 11.3 Å². The lowest BCUT2D eigenvalue weighted by atomic mass is 9.92. The summed E-state index contributed by atoms with van der Waals surface area (Å²) in [5, 5.41) is 14.9. The zero-order chi connectivity index (χ0) is 58.5. The van der Waals surface area contributed by atoms with Crippen LogP contribution in [-0.2, 0) is 0 Å². The van der Waals surface area contributed by atoms with Crippen LogP contribution in [0.1, 0.15) is 5.56 Å². The van der Waals surface area contributed by atoms with Gasteiger partial charge in [-0.15, -0.1) is 0 Å². The van der Waals surface area contributed by atoms with Crippen molar-refractivity contribution in [3.63, 3.8) is 0 Å². The summed E-state index contributed by atoms with van der Waals surface area (Å²) in [6.07, 6.45) is 0. The molecule has 0 saturated carbocycles. The molecular formula is C82H52N6. The Morgan fingerprint density at radius 3 is 1.01 bits per heavy atom. The van der Waals surface area contributed by atoms with Crippen molar-refractivity contribution in [1.82, 2.24) is 24.1 Å². The molecule has 0 N–H and O–H groups in total. The third-order valence-corrected chi connectivity index (χ3v) is 17.0. The third kappa shape index (κ3) is 9.28. The van der Waals surface area contributed by atoms with Crippen LogP contribution in [0.2, 0.25) is 0 Å². The van der Waals surface area contributed by atoms with Crippen LogP contribution in [0.3, 0.4) is 0 Å². The van der Waals surface area contributed by atoms with Crippen molar-refractivity contribution < 1.29 is 0 Å². The van der Waals surface area contributed by atoms with Crippen molar-refractivity contribution in [2.24, 2.45) is 0 Å². The van der Waals surface area contributed by atoms with Gasteiger partial charge in [0.25, 0.3) is 0 Å². The van der Waals surface area contributed by atoms with E-state index in [1.54, 1.807) is 0 Å². The first-order valence-electron chi connectivity index (χ1n) is 29.6. The highest BCUT2D eigenvalue weighted by Crippen LogP contribution is 2.46. The normalized spacial score (nSPS) is 11.4. The van der Waals surface area contributed by atoms with Crippen LogP contribution in [-0.4, -0.2) is 24.1 Å². The van der Waals surface area contributed by atoms with Gasteiger partial charge in [-0.1, -0.05) is 224 Å². The van der Waals surface area contributed by atoms with Gasteiger partial charge in [-0.3, -0.25) is 0 Å². The summed E-state index contributed by atoms with van der Waals surface area (Å²) in [6, 6.07) is 114. The lowest BCUT2D eigenvalue weighted by molar-refractivity contribution is 1.07. The zero-order valence-electron chi connectivity index (χ0n) is 47.7. The molecule has 410 valence electrons. The molecule has 88 heavy (non-hydrogen) atoms. The van der Waals surface area contributed by atoms with Gasteiger partial charge in [0.2, 0.25) is 0 Å². The number of aromatic nitrogens is 5. The third-order valence-electron chi connectivity index (χ3n) is 17.0. The van der Waals surface area contributed by atoms with E-state index in [1.807, 2.05) is 54.6 Å². The van der Waals surface area contributed by atoms with Crippen molar-refractivity contribution in [2.45, 2.75) is 0 Å². The molecule has 3 heterocycles. The average molecular weight is 1120 g/mol. The van der Waals surface area contributed by atoms with E-state index in [-0.39, 0.29) is 0 Å². The Bertz CT molecular complexity index is 5110. The molecular weight excluding hydrogens is 1070 g/mol. The maximum absolute atomic E-state index is 10.3. The molecule has 0 radical (unpaired) electrons. The molecule has 0 aliphatic heterocycles. The number of hydrogen-bond acceptors (Lipinski definition) is 4. The van der Waals surface area contributed by atoms with E-state index in [4.69, 9.17) is 15.0 Å².